The molecule has 0 bridgehead atoms. The summed E-state index contributed by atoms with van der Waals surface area (Å²) in [6.45, 7) is 14.0. The summed E-state index contributed by atoms with van der Waals surface area (Å²) in [5.41, 5.74) is 2.71. The van der Waals surface area contributed by atoms with Gasteiger partial charge in [0.05, 0.1) is 0 Å². The normalized spacial score (nSPS) is 11.1. The van der Waals surface area contributed by atoms with Gasteiger partial charge >= 0.3 is 0 Å². The van der Waals surface area contributed by atoms with Gasteiger partial charge in [-0.25, -0.2) is 0 Å². The highest BCUT2D eigenvalue weighted by Gasteiger charge is 2.08. The summed E-state index contributed by atoms with van der Waals surface area (Å²) in [7, 11) is 0. The molecule has 0 unspecified atom stereocenters. The average Bonchev–Trinajstić information content (AvgIpc) is 2.29. The fourth-order valence-corrected chi connectivity index (χ4v) is 1.97. The zero-order valence-electron chi connectivity index (χ0n) is 11.4. The number of hydrogen-bond donors (Lipinski definition) is 0. The van der Waals surface area contributed by atoms with E-state index in [2.05, 4.69) is 62.6 Å². The molecule has 0 N–H and O–H groups in total. The lowest BCUT2D eigenvalue weighted by molar-refractivity contribution is 0.254. The molecule has 1 nitrogen and oxygen atoms in total. The summed E-state index contributed by atoms with van der Waals surface area (Å²) in [4.78, 5) is 2.49. The molecule has 1 heteroatoms. The standard InChI is InChI=1S/C16H25N/c1-5-15(4)12-17(11-14(2)3)13-16-9-7-6-8-10-16/h6-10,14H,4-5,11-13H2,1-3H3. The van der Waals surface area contributed by atoms with E-state index in [9.17, 15) is 0 Å². The van der Waals surface area contributed by atoms with Crippen LogP contribution in [-0.2, 0) is 6.54 Å². The maximum atomic E-state index is 4.12. The van der Waals surface area contributed by atoms with E-state index in [0.29, 0.717) is 5.92 Å². The molecule has 0 fully saturated rings. The Morgan fingerprint density at radius 2 is 1.88 bits per heavy atom. The Balaban J connectivity index is 2.60. The molecule has 0 aromatic heterocycles. The minimum absolute atomic E-state index is 0.698. The van der Waals surface area contributed by atoms with Gasteiger partial charge in [-0.15, -0.1) is 0 Å². The van der Waals surface area contributed by atoms with Crippen LogP contribution in [0.2, 0.25) is 0 Å². The van der Waals surface area contributed by atoms with E-state index < -0.39 is 0 Å². The summed E-state index contributed by atoms with van der Waals surface area (Å²) >= 11 is 0. The predicted octanol–water partition coefficient (Wildman–Crippen LogP) is 4.11. The quantitative estimate of drug-likeness (QED) is 0.638. The van der Waals surface area contributed by atoms with Gasteiger partial charge in [-0.3, -0.25) is 4.90 Å². The van der Waals surface area contributed by atoms with Gasteiger partial charge in [-0.2, -0.15) is 0 Å². The Morgan fingerprint density at radius 1 is 1.24 bits per heavy atom. The lowest BCUT2D eigenvalue weighted by Gasteiger charge is -2.25. The minimum Gasteiger partial charge on any atom is -0.295 e. The van der Waals surface area contributed by atoms with Gasteiger partial charge in [0.25, 0.3) is 0 Å². The predicted molar refractivity (Wildman–Crippen MR) is 76.0 cm³/mol. The van der Waals surface area contributed by atoms with Gasteiger partial charge in [-0.1, -0.05) is 63.3 Å². The molecule has 1 aromatic rings. The van der Waals surface area contributed by atoms with Crippen LogP contribution in [0.4, 0.5) is 0 Å². The monoisotopic (exact) mass is 231 g/mol. The van der Waals surface area contributed by atoms with E-state index in [1.165, 1.54) is 11.1 Å². The van der Waals surface area contributed by atoms with Gasteiger partial charge in [0, 0.05) is 19.6 Å². The lowest BCUT2D eigenvalue weighted by Crippen LogP contribution is -2.29. The Kier molecular flexibility index (Phi) is 5.99. The second-order valence-electron chi connectivity index (χ2n) is 5.15. The third-order valence-corrected chi connectivity index (χ3v) is 2.82. The first-order valence-electron chi connectivity index (χ1n) is 6.54. The first-order chi connectivity index (χ1) is 8.11. The molecule has 0 heterocycles. The molecule has 1 aromatic carbocycles. The summed E-state index contributed by atoms with van der Waals surface area (Å²) < 4.78 is 0. The van der Waals surface area contributed by atoms with Crippen molar-refractivity contribution in [2.75, 3.05) is 13.1 Å². The molecule has 1 rings (SSSR count). The largest absolute Gasteiger partial charge is 0.295 e. The molecule has 0 amide bonds. The first kappa shape index (κ1) is 14.0. The van der Waals surface area contributed by atoms with Crippen LogP contribution in [0.5, 0.6) is 0 Å². The van der Waals surface area contributed by atoms with Crippen molar-refractivity contribution < 1.29 is 0 Å². The smallest absolute Gasteiger partial charge is 0.0237 e. The van der Waals surface area contributed by atoms with Crippen LogP contribution in [0.1, 0.15) is 32.8 Å². The second kappa shape index (κ2) is 7.29. The van der Waals surface area contributed by atoms with Crippen molar-refractivity contribution in [1.82, 2.24) is 4.90 Å². The van der Waals surface area contributed by atoms with Crippen molar-refractivity contribution in [2.24, 2.45) is 5.92 Å². The summed E-state index contributed by atoms with van der Waals surface area (Å²) in [6.07, 6.45) is 1.07. The second-order valence-corrected chi connectivity index (χ2v) is 5.15. The zero-order valence-corrected chi connectivity index (χ0v) is 11.4. The highest BCUT2D eigenvalue weighted by Crippen LogP contribution is 2.10. The molecule has 0 saturated heterocycles. The zero-order chi connectivity index (χ0) is 12.7. The molecular formula is C16H25N. The van der Waals surface area contributed by atoms with Crippen LogP contribution >= 0.6 is 0 Å². The molecule has 0 aliphatic rings. The van der Waals surface area contributed by atoms with Crippen LogP contribution in [0, 0.1) is 5.92 Å². The summed E-state index contributed by atoms with van der Waals surface area (Å²) in [5, 5.41) is 0. The topological polar surface area (TPSA) is 3.24 Å². The molecule has 0 aliphatic heterocycles. The van der Waals surface area contributed by atoms with Crippen molar-refractivity contribution in [3.63, 3.8) is 0 Å². The summed E-state index contributed by atoms with van der Waals surface area (Å²) in [6, 6.07) is 10.7. The van der Waals surface area contributed by atoms with Gasteiger partial charge in [0.2, 0.25) is 0 Å². The lowest BCUT2D eigenvalue weighted by atomic mass is 10.1. The molecule has 94 valence electrons. The molecule has 0 saturated carbocycles. The average molecular weight is 231 g/mol. The highest BCUT2D eigenvalue weighted by atomic mass is 15.1. The maximum absolute atomic E-state index is 4.12. The molecule has 0 radical (unpaired) electrons. The van der Waals surface area contributed by atoms with Crippen LogP contribution < -0.4 is 0 Å². The Morgan fingerprint density at radius 3 is 2.41 bits per heavy atom. The van der Waals surface area contributed by atoms with Crippen LogP contribution in [0.15, 0.2) is 42.5 Å². The molecule has 0 atom stereocenters. The van der Waals surface area contributed by atoms with E-state index in [1.54, 1.807) is 0 Å². The maximum Gasteiger partial charge on any atom is 0.0237 e. The van der Waals surface area contributed by atoms with Gasteiger partial charge in [0.1, 0.15) is 0 Å². The van der Waals surface area contributed by atoms with Gasteiger partial charge in [-0.05, 0) is 17.9 Å². The van der Waals surface area contributed by atoms with Gasteiger partial charge < -0.3 is 0 Å². The SMILES string of the molecule is C=C(CC)CN(Cc1ccccc1)CC(C)C. The van der Waals surface area contributed by atoms with Crippen molar-refractivity contribution in [2.45, 2.75) is 33.7 Å². The number of nitrogens with zero attached hydrogens (tertiary/aromatic N) is 1. The molecule has 0 spiro atoms. The summed E-state index contributed by atoms with van der Waals surface area (Å²) in [5.74, 6) is 0.698. The van der Waals surface area contributed by atoms with Gasteiger partial charge in [0.15, 0.2) is 0 Å². The minimum atomic E-state index is 0.698. The van der Waals surface area contributed by atoms with Crippen LogP contribution in [-0.4, -0.2) is 18.0 Å². The highest BCUT2D eigenvalue weighted by molar-refractivity contribution is 5.14. The van der Waals surface area contributed by atoms with E-state index >= 15 is 0 Å². The van der Waals surface area contributed by atoms with Crippen LogP contribution in [0.3, 0.4) is 0 Å². The van der Waals surface area contributed by atoms with Crippen molar-refractivity contribution >= 4 is 0 Å². The first-order valence-corrected chi connectivity index (χ1v) is 6.54. The Labute approximate surface area is 106 Å². The van der Waals surface area contributed by atoms with Crippen molar-refractivity contribution in [3.05, 3.63) is 48.0 Å². The molecular weight excluding hydrogens is 206 g/mol. The third-order valence-electron chi connectivity index (χ3n) is 2.82. The Bertz CT molecular complexity index is 327. The fourth-order valence-electron chi connectivity index (χ4n) is 1.97. The molecule has 17 heavy (non-hydrogen) atoms. The number of rotatable bonds is 7. The number of hydrogen-bond acceptors (Lipinski definition) is 1. The fraction of sp³-hybridized carbons (Fsp3) is 0.500. The number of benzene rings is 1. The van der Waals surface area contributed by atoms with Crippen molar-refractivity contribution in [3.8, 4) is 0 Å². The van der Waals surface area contributed by atoms with Crippen molar-refractivity contribution in [1.29, 1.82) is 0 Å². The molecule has 0 aliphatic carbocycles. The van der Waals surface area contributed by atoms with E-state index in [-0.39, 0.29) is 0 Å². The Hall–Kier alpha value is -1.08. The van der Waals surface area contributed by atoms with E-state index in [1.807, 2.05) is 0 Å². The van der Waals surface area contributed by atoms with Crippen LogP contribution in [0.25, 0.3) is 0 Å². The third kappa shape index (κ3) is 5.69. The van der Waals surface area contributed by atoms with E-state index in [0.717, 1.165) is 26.1 Å². The van der Waals surface area contributed by atoms with E-state index in [4.69, 9.17) is 0 Å².